The molecule has 1 unspecified atom stereocenters. The van der Waals surface area contributed by atoms with E-state index >= 15 is 0 Å². The van der Waals surface area contributed by atoms with E-state index in [2.05, 4.69) is 33.5 Å². The van der Waals surface area contributed by atoms with Gasteiger partial charge in [0.1, 0.15) is 5.82 Å². The highest BCUT2D eigenvalue weighted by molar-refractivity contribution is 9.10. The summed E-state index contributed by atoms with van der Waals surface area (Å²) in [6.07, 6.45) is 0. The zero-order valence-electron chi connectivity index (χ0n) is 11.1. The molecule has 5 heteroatoms. The fourth-order valence-electron chi connectivity index (χ4n) is 1.84. The van der Waals surface area contributed by atoms with Crippen LogP contribution in [0.3, 0.4) is 0 Å². The third kappa shape index (κ3) is 4.06. The minimum atomic E-state index is -0.190. The lowest BCUT2D eigenvalue weighted by Crippen LogP contribution is -2.29. The van der Waals surface area contributed by atoms with Crippen molar-refractivity contribution in [1.82, 2.24) is 5.43 Å². The van der Waals surface area contributed by atoms with E-state index in [0.717, 1.165) is 15.8 Å². The van der Waals surface area contributed by atoms with E-state index < -0.39 is 0 Å². The smallest absolute Gasteiger partial charge is 0.126 e. The molecule has 0 aliphatic rings. The van der Waals surface area contributed by atoms with Gasteiger partial charge >= 0.3 is 0 Å². The highest BCUT2D eigenvalue weighted by Gasteiger charge is 2.11. The summed E-state index contributed by atoms with van der Waals surface area (Å²) in [7, 11) is 0. The molecule has 0 bridgehead atoms. The van der Waals surface area contributed by atoms with Gasteiger partial charge in [0, 0.05) is 15.1 Å². The number of halogens is 2. The van der Waals surface area contributed by atoms with E-state index in [1.165, 1.54) is 11.0 Å². The van der Waals surface area contributed by atoms with Crippen LogP contribution < -0.4 is 11.3 Å². The van der Waals surface area contributed by atoms with Gasteiger partial charge in [-0.05, 0) is 48.4 Å². The van der Waals surface area contributed by atoms with E-state index in [9.17, 15) is 4.39 Å². The third-order valence-corrected chi connectivity index (χ3v) is 4.65. The molecule has 20 heavy (non-hydrogen) atoms. The molecule has 2 nitrogen and oxygen atoms in total. The SMILES string of the molecule is Cc1cc(C(CSc2ccc(Br)cc2)NN)ccc1F. The average Bonchev–Trinajstić information content (AvgIpc) is 2.45. The van der Waals surface area contributed by atoms with Crippen LogP contribution in [0, 0.1) is 12.7 Å². The van der Waals surface area contributed by atoms with Gasteiger partial charge in [-0.3, -0.25) is 11.3 Å². The first kappa shape index (κ1) is 15.5. The Balaban J connectivity index is 2.05. The topological polar surface area (TPSA) is 38.0 Å². The standard InChI is InChI=1S/C15H16BrFN2S/c1-10-8-11(2-7-14(10)17)15(19-18)9-20-13-5-3-12(16)4-6-13/h2-8,15,19H,9,18H2,1H3. The molecule has 2 rings (SSSR count). The summed E-state index contributed by atoms with van der Waals surface area (Å²) in [5.74, 6) is 6.21. The molecule has 0 aromatic heterocycles. The molecule has 0 saturated heterocycles. The predicted octanol–water partition coefficient (Wildman–Crippen LogP) is 4.19. The zero-order chi connectivity index (χ0) is 14.5. The van der Waals surface area contributed by atoms with Crippen LogP contribution in [0.25, 0.3) is 0 Å². The second kappa shape index (κ2) is 7.22. The van der Waals surface area contributed by atoms with Crippen LogP contribution in [0.1, 0.15) is 17.2 Å². The quantitative estimate of drug-likeness (QED) is 0.480. The van der Waals surface area contributed by atoms with Crippen molar-refractivity contribution in [3.8, 4) is 0 Å². The first-order valence-corrected chi connectivity index (χ1v) is 7.98. The maximum atomic E-state index is 13.3. The monoisotopic (exact) mass is 354 g/mol. The zero-order valence-corrected chi connectivity index (χ0v) is 13.5. The van der Waals surface area contributed by atoms with Gasteiger partial charge in [-0.1, -0.05) is 28.1 Å². The van der Waals surface area contributed by atoms with E-state index in [0.29, 0.717) is 5.56 Å². The van der Waals surface area contributed by atoms with Crippen LogP contribution in [0.5, 0.6) is 0 Å². The van der Waals surface area contributed by atoms with Crippen LogP contribution in [0.4, 0.5) is 4.39 Å². The van der Waals surface area contributed by atoms with Crippen LogP contribution in [0.2, 0.25) is 0 Å². The minimum Gasteiger partial charge on any atom is -0.271 e. The molecular weight excluding hydrogens is 339 g/mol. The van der Waals surface area contributed by atoms with Crippen molar-refractivity contribution in [2.24, 2.45) is 5.84 Å². The molecule has 0 spiro atoms. The Morgan fingerprint density at radius 2 is 1.95 bits per heavy atom. The van der Waals surface area contributed by atoms with E-state index in [1.54, 1.807) is 24.8 Å². The fourth-order valence-corrected chi connectivity index (χ4v) is 3.08. The Bertz CT molecular complexity index is 575. The number of hydrogen-bond donors (Lipinski definition) is 2. The molecule has 0 heterocycles. The number of benzene rings is 2. The number of nitrogens with two attached hydrogens (primary N) is 1. The van der Waals surface area contributed by atoms with E-state index in [1.807, 2.05) is 18.2 Å². The van der Waals surface area contributed by atoms with Gasteiger partial charge in [0.2, 0.25) is 0 Å². The highest BCUT2D eigenvalue weighted by atomic mass is 79.9. The van der Waals surface area contributed by atoms with Gasteiger partial charge in [0.25, 0.3) is 0 Å². The van der Waals surface area contributed by atoms with Crippen LogP contribution in [-0.2, 0) is 0 Å². The Morgan fingerprint density at radius 3 is 2.55 bits per heavy atom. The summed E-state index contributed by atoms with van der Waals surface area (Å²) in [5.41, 5.74) is 4.43. The molecular formula is C15H16BrFN2S. The van der Waals surface area contributed by atoms with Crippen LogP contribution in [-0.4, -0.2) is 5.75 Å². The molecule has 0 fully saturated rings. The summed E-state index contributed by atoms with van der Waals surface area (Å²) in [4.78, 5) is 1.17. The maximum Gasteiger partial charge on any atom is 0.126 e. The third-order valence-electron chi connectivity index (χ3n) is 3.02. The summed E-state index contributed by atoms with van der Waals surface area (Å²) in [6.45, 7) is 1.76. The molecule has 2 aromatic rings. The number of aryl methyl sites for hydroxylation is 1. The normalized spacial score (nSPS) is 12.4. The van der Waals surface area contributed by atoms with Crippen LogP contribution in [0.15, 0.2) is 51.8 Å². The second-order valence-corrected chi connectivity index (χ2v) is 6.50. The first-order valence-electron chi connectivity index (χ1n) is 6.20. The van der Waals surface area contributed by atoms with Gasteiger partial charge in [-0.2, -0.15) is 0 Å². The second-order valence-electron chi connectivity index (χ2n) is 4.49. The van der Waals surface area contributed by atoms with Gasteiger partial charge in [-0.25, -0.2) is 4.39 Å². The molecule has 0 aliphatic heterocycles. The molecule has 3 N–H and O–H groups in total. The Labute approximate surface area is 131 Å². The van der Waals surface area contributed by atoms with E-state index in [4.69, 9.17) is 5.84 Å². The van der Waals surface area contributed by atoms with Crippen molar-refractivity contribution >= 4 is 27.7 Å². The Kier molecular flexibility index (Phi) is 5.60. The summed E-state index contributed by atoms with van der Waals surface area (Å²) in [6, 6.07) is 13.2. The minimum absolute atomic E-state index is 0.0112. The lowest BCUT2D eigenvalue weighted by Gasteiger charge is -2.16. The summed E-state index contributed by atoms with van der Waals surface area (Å²) in [5, 5.41) is 0. The van der Waals surface area contributed by atoms with Crippen molar-refractivity contribution in [3.63, 3.8) is 0 Å². The Morgan fingerprint density at radius 1 is 1.25 bits per heavy atom. The summed E-state index contributed by atoms with van der Waals surface area (Å²) >= 11 is 5.12. The molecule has 0 amide bonds. The average molecular weight is 355 g/mol. The van der Waals surface area contributed by atoms with Crippen LogP contribution >= 0.6 is 27.7 Å². The lowest BCUT2D eigenvalue weighted by atomic mass is 10.1. The van der Waals surface area contributed by atoms with Gasteiger partial charge in [-0.15, -0.1) is 11.8 Å². The fraction of sp³-hybridized carbons (Fsp3) is 0.200. The molecule has 0 aliphatic carbocycles. The van der Waals surface area contributed by atoms with Crippen molar-refractivity contribution in [1.29, 1.82) is 0 Å². The highest BCUT2D eigenvalue weighted by Crippen LogP contribution is 2.26. The van der Waals surface area contributed by atoms with Gasteiger partial charge in [0.05, 0.1) is 6.04 Å². The maximum absolute atomic E-state index is 13.3. The number of hydrogen-bond acceptors (Lipinski definition) is 3. The molecule has 106 valence electrons. The first-order chi connectivity index (χ1) is 9.60. The molecule has 2 aromatic carbocycles. The number of rotatable bonds is 5. The molecule has 0 saturated carbocycles. The molecule has 0 radical (unpaired) electrons. The summed E-state index contributed by atoms with van der Waals surface area (Å²) < 4.78 is 14.4. The number of hydrazine groups is 1. The van der Waals surface area contributed by atoms with Crippen molar-refractivity contribution in [2.75, 3.05) is 5.75 Å². The van der Waals surface area contributed by atoms with Crippen molar-refractivity contribution < 1.29 is 4.39 Å². The predicted molar refractivity (Wildman–Crippen MR) is 86.1 cm³/mol. The van der Waals surface area contributed by atoms with Crippen molar-refractivity contribution in [3.05, 3.63) is 63.9 Å². The largest absolute Gasteiger partial charge is 0.271 e. The lowest BCUT2D eigenvalue weighted by molar-refractivity contribution is 0.596. The van der Waals surface area contributed by atoms with Gasteiger partial charge in [0.15, 0.2) is 0 Å². The van der Waals surface area contributed by atoms with Crippen molar-refractivity contribution in [2.45, 2.75) is 17.9 Å². The number of thioether (sulfide) groups is 1. The molecule has 1 atom stereocenters. The number of nitrogens with one attached hydrogen (secondary N) is 1. The Hall–Kier alpha value is -0.880. The van der Waals surface area contributed by atoms with Gasteiger partial charge < -0.3 is 0 Å². The van der Waals surface area contributed by atoms with E-state index in [-0.39, 0.29) is 11.9 Å².